The van der Waals surface area contributed by atoms with Crippen molar-refractivity contribution >= 4 is 29.7 Å². The number of allylic oxidation sites excluding steroid dienone is 1. The van der Waals surface area contributed by atoms with Gasteiger partial charge in [0.05, 0.1) is 0 Å². The summed E-state index contributed by atoms with van der Waals surface area (Å²) in [7, 11) is 0. The lowest BCUT2D eigenvalue weighted by atomic mass is 9.82. The number of hydrogen-bond donors (Lipinski definition) is 4. The number of nitrogens with one attached hydrogen (secondary N) is 4. The van der Waals surface area contributed by atoms with Gasteiger partial charge in [-0.3, -0.25) is 19.2 Å². The smallest absolute Gasteiger partial charge is 0.244 e. The summed E-state index contributed by atoms with van der Waals surface area (Å²) < 4.78 is 55.2. The predicted molar refractivity (Wildman–Crippen MR) is 206 cm³/mol. The van der Waals surface area contributed by atoms with Crippen molar-refractivity contribution in [3.8, 4) is 24.2 Å². The van der Waals surface area contributed by atoms with Gasteiger partial charge in [0.2, 0.25) is 23.6 Å². The zero-order valence-corrected chi connectivity index (χ0v) is 30.8. The fraction of sp³-hybridized carbons (Fsp3) is 0.318. The Labute approximate surface area is 324 Å². The van der Waals surface area contributed by atoms with Gasteiger partial charge in [0.15, 0.2) is 0 Å². The van der Waals surface area contributed by atoms with E-state index in [1.807, 2.05) is 30.3 Å². The van der Waals surface area contributed by atoms with Gasteiger partial charge in [0, 0.05) is 62.9 Å². The first-order valence-electron chi connectivity index (χ1n) is 18.4. The molecule has 0 spiro atoms. The molecule has 1 aliphatic rings. The number of terminal acetylenes is 1. The van der Waals surface area contributed by atoms with Crippen LogP contribution in [0.1, 0.15) is 55.2 Å². The molecule has 12 heteroatoms. The van der Waals surface area contributed by atoms with Crippen molar-refractivity contribution in [2.24, 2.45) is 11.8 Å². The standard InChI is InChI=1S/C44H44F4N4O4/c1-2-3-20-49-43(55)39(26-33-22-35(45)28-36(46)23-33)51-42(54)19-17-32-14-12-31(13-15-32)11-7-8-21-50-44(56)40(27-34-24-37(47)29-38(48)25-34)52-41(53)18-16-30-9-5-4-6-10-30/h1,4-6,9-10,16-19,22-25,28-29,31-32,39-40H,3,8,12-15,20-21,26-27H2,(H,49,55)(H,50,56)(H,51,54)(H,52,53)/b18-16+,19-17+/t31?,32?,39-,40-/m0/s1. The molecule has 0 aromatic heterocycles. The van der Waals surface area contributed by atoms with Gasteiger partial charge in [-0.05, 0) is 84.7 Å². The van der Waals surface area contributed by atoms with Crippen molar-refractivity contribution in [1.29, 1.82) is 0 Å². The molecule has 1 fully saturated rings. The molecule has 1 aliphatic carbocycles. The molecule has 1 saturated carbocycles. The van der Waals surface area contributed by atoms with Crippen LogP contribution in [0.4, 0.5) is 17.6 Å². The molecule has 4 N–H and O–H groups in total. The summed E-state index contributed by atoms with van der Waals surface area (Å²) in [5, 5.41) is 10.6. The van der Waals surface area contributed by atoms with Gasteiger partial charge in [-0.25, -0.2) is 17.6 Å². The van der Waals surface area contributed by atoms with Crippen molar-refractivity contribution < 1.29 is 36.7 Å². The number of benzene rings is 3. The van der Waals surface area contributed by atoms with Crippen molar-refractivity contribution in [2.75, 3.05) is 13.1 Å². The number of carbonyl (C=O) groups excluding carboxylic acids is 4. The summed E-state index contributed by atoms with van der Waals surface area (Å²) in [5.41, 5.74) is 1.21. The minimum atomic E-state index is -1.09. The van der Waals surface area contributed by atoms with E-state index in [-0.39, 0.29) is 55.3 Å². The number of rotatable bonds is 16. The van der Waals surface area contributed by atoms with Crippen LogP contribution in [0.2, 0.25) is 0 Å². The van der Waals surface area contributed by atoms with Crippen LogP contribution in [0.5, 0.6) is 0 Å². The van der Waals surface area contributed by atoms with Gasteiger partial charge in [0.1, 0.15) is 35.4 Å². The SMILES string of the molecule is C#CCCNC(=O)[C@H](Cc1cc(F)cc(F)c1)NC(=O)/C=C/C1CCC(C#CCCNC(=O)[C@H](Cc2cc(F)cc(F)c2)NC(=O)/C=C/c2ccccc2)CC1. The Balaban J connectivity index is 1.24. The third-order valence-corrected chi connectivity index (χ3v) is 8.93. The quantitative estimate of drug-likeness (QED) is 0.0646. The van der Waals surface area contributed by atoms with Crippen LogP contribution < -0.4 is 21.3 Å². The zero-order chi connectivity index (χ0) is 40.3. The maximum Gasteiger partial charge on any atom is 0.244 e. The molecule has 0 saturated heterocycles. The maximum atomic E-state index is 13.9. The number of carbonyl (C=O) groups is 4. The van der Waals surface area contributed by atoms with E-state index in [0.717, 1.165) is 67.6 Å². The van der Waals surface area contributed by atoms with Crippen molar-refractivity contribution in [3.63, 3.8) is 0 Å². The van der Waals surface area contributed by atoms with Crippen LogP contribution in [-0.2, 0) is 32.0 Å². The minimum absolute atomic E-state index is 0.111. The molecule has 0 aliphatic heterocycles. The topological polar surface area (TPSA) is 116 Å². The van der Waals surface area contributed by atoms with Crippen LogP contribution in [0.15, 0.2) is 85.0 Å². The van der Waals surface area contributed by atoms with Gasteiger partial charge in [-0.15, -0.1) is 18.3 Å². The van der Waals surface area contributed by atoms with Gasteiger partial charge < -0.3 is 21.3 Å². The fourth-order valence-electron chi connectivity index (χ4n) is 6.17. The Morgan fingerprint density at radius 2 is 1.20 bits per heavy atom. The molecule has 0 radical (unpaired) electrons. The van der Waals surface area contributed by atoms with Gasteiger partial charge in [0.25, 0.3) is 0 Å². The molecule has 0 bridgehead atoms. The summed E-state index contributed by atoms with van der Waals surface area (Å²) in [4.78, 5) is 51.4. The lowest BCUT2D eigenvalue weighted by molar-refractivity contribution is -0.127. The van der Waals surface area contributed by atoms with E-state index in [9.17, 15) is 36.7 Å². The summed E-state index contributed by atoms with van der Waals surface area (Å²) in [5.74, 6) is 3.71. The molecule has 4 amide bonds. The number of amides is 4. The predicted octanol–water partition coefficient (Wildman–Crippen LogP) is 5.72. The molecular weight excluding hydrogens is 724 g/mol. The second-order valence-corrected chi connectivity index (χ2v) is 13.4. The van der Waals surface area contributed by atoms with E-state index >= 15 is 0 Å². The Morgan fingerprint density at radius 1 is 0.696 bits per heavy atom. The molecule has 2 atom stereocenters. The molecule has 56 heavy (non-hydrogen) atoms. The molecule has 8 nitrogen and oxygen atoms in total. The van der Waals surface area contributed by atoms with E-state index < -0.39 is 59.0 Å². The average molecular weight is 769 g/mol. The number of halogens is 4. The van der Waals surface area contributed by atoms with Crippen LogP contribution in [0.25, 0.3) is 6.08 Å². The van der Waals surface area contributed by atoms with E-state index in [4.69, 9.17) is 6.42 Å². The highest BCUT2D eigenvalue weighted by Crippen LogP contribution is 2.29. The molecular formula is C44H44F4N4O4. The highest BCUT2D eigenvalue weighted by Gasteiger charge is 2.23. The van der Waals surface area contributed by atoms with Crippen LogP contribution in [0, 0.1) is 59.3 Å². The highest BCUT2D eigenvalue weighted by atomic mass is 19.1. The normalized spacial score (nSPS) is 16.2. The second kappa shape index (κ2) is 22.3. The first-order chi connectivity index (χ1) is 27.0. The van der Waals surface area contributed by atoms with Gasteiger partial charge in [-0.1, -0.05) is 42.3 Å². The Kier molecular flexibility index (Phi) is 17.0. The zero-order valence-electron chi connectivity index (χ0n) is 30.8. The Bertz CT molecular complexity index is 1950. The summed E-state index contributed by atoms with van der Waals surface area (Å²) in [6.07, 6.45) is 14.8. The third-order valence-electron chi connectivity index (χ3n) is 8.93. The summed E-state index contributed by atoms with van der Waals surface area (Å²) in [6, 6.07) is 12.8. The third kappa shape index (κ3) is 15.3. The van der Waals surface area contributed by atoms with E-state index in [0.29, 0.717) is 6.42 Å². The molecule has 4 rings (SSSR count). The lowest BCUT2D eigenvalue weighted by Crippen LogP contribution is -2.47. The minimum Gasteiger partial charge on any atom is -0.353 e. The first kappa shape index (κ1) is 42.6. The summed E-state index contributed by atoms with van der Waals surface area (Å²) in [6.45, 7) is 0.380. The Morgan fingerprint density at radius 3 is 1.71 bits per heavy atom. The van der Waals surface area contributed by atoms with Crippen molar-refractivity contribution in [2.45, 2.75) is 63.5 Å². The maximum absolute atomic E-state index is 13.9. The summed E-state index contributed by atoms with van der Waals surface area (Å²) >= 11 is 0. The van der Waals surface area contributed by atoms with Gasteiger partial charge in [-0.2, -0.15) is 0 Å². The van der Waals surface area contributed by atoms with Crippen LogP contribution in [0.3, 0.4) is 0 Å². The van der Waals surface area contributed by atoms with E-state index in [1.165, 1.54) is 12.2 Å². The molecule has 3 aromatic carbocycles. The second-order valence-electron chi connectivity index (χ2n) is 13.4. The van der Waals surface area contributed by atoms with Crippen molar-refractivity contribution in [1.82, 2.24) is 21.3 Å². The average Bonchev–Trinajstić information content (AvgIpc) is 3.15. The molecule has 0 heterocycles. The van der Waals surface area contributed by atoms with Crippen molar-refractivity contribution in [3.05, 3.63) is 125 Å². The molecule has 292 valence electrons. The largest absolute Gasteiger partial charge is 0.353 e. The molecule has 3 aromatic rings. The van der Waals surface area contributed by atoms with Crippen LogP contribution >= 0.6 is 0 Å². The van der Waals surface area contributed by atoms with E-state index in [2.05, 4.69) is 39.0 Å². The highest BCUT2D eigenvalue weighted by molar-refractivity contribution is 5.95. The monoisotopic (exact) mass is 768 g/mol. The van der Waals surface area contributed by atoms with Crippen LogP contribution in [-0.4, -0.2) is 48.8 Å². The molecule has 0 unspecified atom stereocenters. The Hall–Kier alpha value is -6.14. The number of hydrogen-bond acceptors (Lipinski definition) is 4. The van der Waals surface area contributed by atoms with E-state index in [1.54, 1.807) is 12.2 Å². The lowest BCUT2D eigenvalue weighted by Gasteiger charge is -2.23. The fourth-order valence-corrected chi connectivity index (χ4v) is 6.17. The first-order valence-corrected chi connectivity index (χ1v) is 18.4. The van der Waals surface area contributed by atoms with Gasteiger partial charge >= 0.3 is 0 Å².